The van der Waals surface area contributed by atoms with Crippen molar-refractivity contribution in [2.45, 2.75) is 160 Å². The average molecular weight is 511 g/mol. The summed E-state index contributed by atoms with van der Waals surface area (Å²) < 4.78 is 0. The third kappa shape index (κ3) is 7.33. The number of allylic oxidation sites excluding steroid dienone is 1. The molecule has 1 rings (SSSR count). The van der Waals surface area contributed by atoms with E-state index < -0.39 is 0 Å². The minimum absolute atomic E-state index is 0.0148. The van der Waals surface area contributed by atoms with Gasteiger partial charge in [-0.15, -0.1) is 6.58 Å². The Kier molecular flexibility index (Phi) is 9.34. The Bertz CT molecular complexity index is 929. The van der Waals surface area contributed by atoms with Crippen molar-refractivity contribution in [1.29, 1.82) is 0 Å². The molecule has 0 heterocycles. The molecule has 0 aliphatic heterocycles. The molecule has 0 nitrogen and oxygen atoms in total. The molecule has 0 amide bonds. The van der Waals surface area contributed by atoms with Crippen LogP contribution in [0.3, 0.4) is 0 Å². The van der Waals surface area contributed by atoms with Gasteiger partial charge in [-0.3, -0.25) is 0 Å². The molecular weight excluding hydrogens is 444 g/mol. The molecule has 0 aliphatic carbocycles. The zero-order chi connectivity index (χ0) is 29.7. The molecule has 37 heavy (non-hydrogen) atoms. The molecule has 0 saturated heterocycles. The first kappa shape index (κ1) is 34.0. The highest BCUT2D eigenvalue weighted by Crippen LogP contribution is 2.57. The highest BCUT2D eigenvalue weighted by atomic mass is 14.5. The third-order valence-corrected chi connectivity index (χ3v) is 11.1. The molecular formula is C37H66. The molecule has 0 aromatic heterocycles. The Balaban J connectivity index is 3.64. The summed E-state index contributed by atoms with van der Waals surface area (Å²) in [6.45, 7) is 47.9. The van der Waals surface area contributed by atoms with Gasteiger partial charge in [-0.1, -0.05) is 149 Å². The lowest BCUT2D eigenvalue weighted by Gasteiger charge is -2.53. The quantitative estimate of drug-likeness (QED) is 0.274. The average Bonchev–Trinajstić information content (AvgIpc) is 2.63. The van der Waals surface area contributed by atoms with Crippen molar-refractivity contribution in [2.24, 2.45) is 27.1 Å². The van der Waals surface area contributed by atoms with Gasteiger partial charge < -0.3 is 0 Å². The predicted octanol–water partition coefficient (Wildman–Crippen LogP) is 12.0. The number of hydrogen-bond acceptors (Lipinski definition) is 0. The molecule has 0 atom stereocenters. The van der Waals surface area contributed by atoms with Crippen molar-refractivity contribution in [1.82, 2.24) is 0 Å². The fraction of sp³-hybridized carbons (Fsp3) is 0.784. The Labute approximate surface area is 234 Å². The van der Waals surface area contributed by atoms with Crippen LogP contribution in [0.4, 0.5) is 0 Å². The van der Waals surface area contributed by atoms with E-state index in [-0.39, 0.29) is 43.3 Å². The predicted molar refractivity (Wildman–Crippen MR) is 170 cm³/mol. The molecule has 0 heteroatoms. The van der Waals surface area contributed by atoms with Crippen LogP contribution in [-0.4, -0.2) is 0 Å². The fourth-order valence-corrected chi connectivity index (χ4v) is 6.07. The Hall–Kier alpha value is -1.04. The summed E-state index contributed by atoms with van der Waals surface area (Å²) in [5, 5.41) is 0. The molecule has 0 spiro atoms. The lowest BCUT2D eigenvalue weighted by molar-refractivity contribution is -0.00459. The fourth-order valence-electron chi connectivity index (χ4n) is 6.07. The smallest absolute Gasteiger partial charge is 0.00520 e. The van der Waals surface area contributed by atoms with Crippen molar-refractivity contribution in [3.05, 3.63) is 47.5 Å². The van der Waals surface area contributed by atoms with E-state index in [4.69, 9.17) is 0 Å². The topological polar surface area (TPSA) is 0 Å². The maximum Gasteiger partial charge on any atom is -0.00520 e. The molecule has 214 valence electrons. The summed E-state index contributed by atoms with van der Waals surface area (Å²) in [6.07, 6.45) is 5.52. The van der Waals surface area contributed by atoms with Gasteiger partial charge in [0.05, 0.1) is 0 Å². The molecule has 0 unspecified atom stereocenters. The van der Waals surface area contributed by atoms with Gasteiger partial charge in [0.1, 0.15) is 0 Å². The minimum atomic E-state index is 0.0148. The lowest BCUT2D eigenvalue weighted by Crippen LogP contribution is -2.45. The highest BCUT2D eigenvalue weighted by molar-refractivity contribution is 5.42. The first-order chi connectivity index (χ1) is 16.0. The second kappa shape index (κ2) is 10.2. The van der Waals surface area contributed by atoms with Crippen LogP contribution in [-0.2, 0) is 16.2 Å². The van der Waals surface area contributed by atoms with E-state index in [9.17, 15) is 0 Å². The van der Waals surface area contributed by atoms with Crippen LogP contribution < -0.4 is 0 Å². The zero-order valence-electron chi connectivity index (χ0n) is 28.6. The van der Waals surface area contributed by atoms with E-state index in [1.54, 1.807) is 0 Å². The second-order valence-electron chi connectivity index (χ2n) is 18.2. The highest BCUT2D eigenvalue weighted by Gasteiger charge is 2.48. The molecule has 1 aromatic rings. The van der Waals surface area contributed by atoms with Gasteiger partial charge in [0.25, 0.3) is 0 Å². The third-order valence-electron chi connectivity index (χ3n) is 11.1. The summed E-state index contributed by atoms with van der Waals surface area (Å²) in [5.74, 6) is 0. The van der Waals surface area contributed by atoms with Crippen LogP contribution >= 0.6 is 0 Å². The minimum Gasteiger partial charge on any atom is -0.103 e. The molecule has 0 aliphatic rings. The van der Waals surface area contributed by atoms with Crippen LogP contribution in [0, 0.1) is 27.1 Å². The summed E-state index contributed by atoms with van der Waals surface area (Å²) >= 11 is 0. The molecule has 0 radical (unpaired) electrons. The van der Waals surface area contributed by atoms with Crippen LogP contribution in [0.2, 0.25) is 0 Å². The van der Waals surface area contributed by atoms with Gasteiger partial charge in [-0.2, -0.15) is 0 Å². The van der Waals surface area contributed by atoms with Crippen LogP contribution in [0.5, 0.6) is 0 Å². The molecule has 0 saturated carbocycles. The van der Waals surface area contributed by atoms with Crippen molar-refractivity contribution in [2.75, 3.05) is 0 Å². The van der Waals surface area contributed by atoms with Crippen molar-refractivity contribution in [3.8, 4) is 0 Å². The van der Waals surface area contributed by atoms with Crippen LogP contribution in [0.25, 0.3) is 0 Å². The van der Waals surface area contributed by atoms with Gasteiger partial charge >= 0.3 is 0 Å². The Morgan fingerprint density at radius 1 is 0.514 bits per heavy atom. The largest absolute Gasteiger partial charge is 0.103 e. The molecule has 0 bridgehead atoms. The first-order valence-electron chi connectivity index (χ1n) is 14.8. The van der Waals surface area contributed by atoms with Gasteiger partial charge in [-0.05, 0) is 79.3 Å². The first-order valence-corrected chi connectivity index (χ1v) is 14.8. The Morgan fingerprint density at radius 2 is 0.892 bits per heavy atom. The second-order valence-corrected chi connectivity index (χ2v) is 18.2. The van der Waals surface area contributed by atoms with Crippen LogP contribution in [0.1, 0.15) is 161 Å². The summed E-state index contributed by atoms with van der Waals surface area (Å²) in [7, 11) is 0. The molecule has 0 fully saturated rings. The van der Waals surface area contributed by atoms with E-state index >= 15 is 0 Å². The molecule has 1 aromatic carbocycles. The maximum absolute atomic E-state index is 4.03. The SMILES string of the molecule is C=CCC(C)(C)CC(C)(C)C(C)(C)CC(C)(C)C(C)(C)c1cc(C(C)(C)C)cc(C(C)(C)C(C)(C)C)c1. The van der Waals surface area contributed by atoms with E-state index in [1.807, 2.05) is 0 Å². The number of rotatable bonds is 10. The maximum atomic E-state index is 4.03. The monoisotopic (exact) mass is 511 g/mol. The molecule has 0 N–H and O–H groups in total. The van der Waals surface area contributed by atoms with Gasteiger partial charge in [0.15, 0.2) is 0 Å². The van der Waals surface area contributed by atoms with Crippen molar-refractivity contribution < 1.29 is 0 Å². The van der Waals surface area contributed by atoms with Gasteiger partial charge in [0, 0.05) is 0 Å². The van der Waals surface area contributed by atoms with Crippen molar-refractivity contribution in [3.63, 3.8) is 0 Å². The summed E-state index contributed by atoms with van der Waals surface area (Å²) in [5.41, 5.74) is 5.53. The zero-order valence-corrected chi connectivity index (χ0v) is 28.6. The normalized spacial score (nSPS) is 15.2. The van der Waals surface area contributed by atoms with E-state index in [2.05, 4.69) is 155 Å². The van der Waals surface area contributed by atoms with E-state index in [0.29, 0.717) is 0 Å². The number of hydrogen-bond donors (Lipinski definition) is 0. The van der Waals surface area contributed by atoms with Crippen molar-refractivity contribution >= 4 is 0 Å². The number of benzene rings is 1. The summed E-state index contributed by atoms with van der Waals surface area (Å²) in [6, 6.07) is 7.56. The van der Waals surface area contributed by atoms with E-state index in [0.717, 1.165) is 6.42 Å². The Morgan fingerprint density at radius 3 is 1.27 bits per heavy atom. The van der Waals surface area contributed by atoms with Gasteiger partial charge in [0.2, 0.25) is 0 Å². The van der Waals surface area contributed by atoms with E-state index in [1.165, 1.54) is 29.5 Å². The van der Waals surface area contributed by atoms with Gasteiger partial charge in [-0.25, -0.2) is 0 Å². The summed E-state index contributed by atoms with van der Waals surface area (Å²) in [4.78, 5) is 0. The standard InChI is InChI=1S/C37H66/c1-20-21-32(8,9)25-33(10,11)34(12,13)26-35(14,15)37(18,19)29-23-27(30(2,3)4)22-28(24-29)36(16,17)31(5,6)7/h20,22-24H,1,21,25-26H2,2-19H3. The van der Waals surface area contributed by atoms with Crippen LogP contribution in [0.15, 0.2) is 30.9 Å². The lowest BCUT2D eigenvalue weighted by atomic mass is 9.51.